The molecule has 3 rings (SSSR count). The normalized spacial score (nSPS) is 29.8. The Balaban J connectivity index is 1.41. The Morgan fingerprint density at radius 2 is 1.70 bits per heavy atom. The van der Waals surface area contributed by atoms with Crippen molar-refractivity contribution >= 4 is 5.91 Å². The Bertz CT molecular complexity index is 314. The number of nitrogens with zero attached hydrogens (tertiary/aromatic N) is 2. The molecule has 4 heteroatoms. The summed E-state index contributed by atoms with van der Waals surface area (Å²) in [5, 5.41) is 0. The predicted octanol–water partition coefficient (Wildman–Crippen LogP) is 1.89. The van der Waals surface area contributed by atoms with Crippen LogP contribution in [0.2, 0.25) is 0 Å². The van der Waals surface area contributed by atoms with Crippen LogP contribution >= 0.6 is 0 Å². The molecular weight excluding hydrogens is 252 g/mol. The third kappa shape index (κ3) is 3.53. The SMILES string of the molecule is O=C(C1CCCCC1)N1CCN(C[C@H]2CCCO2)CC1. The van der Waals surface area contributed by atoms with Gasteiger partial charge in [-0.1, -0.05) is 19.3 Å². The van der Waals surface area contributed by atoms with Crippen LogP contribution in [0.3, 0.4) is 0 Å². The van der Waals surface area contributed by atoms with Crippen molar-refractivity contribution in [2.75, 3.05) is 39.3 Å². The fourth-order valence-corrected chi connectivity index (χ4v) is 3.83. The van der Waals surface area contributed by atoms with Crippen LogP contribution in [0.5, 0.6) is 0 Å². The van der Waals surface area contributed by atoms with Crippen molar-refractivity contribution < 1.29 is 9.53 Å². The summed E-state index contributed by atoms with van der Waals surface area (Å²) in [6.45, 7) is 5.89. The minimum Gasteiger partial charge on any atom is -0.377 e. The number of hydrogen-bond donors (Lipinski definition) is 0. The maximum absolute atomic E-state index is 12.5. The highest BCUT2D eigenvalue weighted by Gasteiger charge is 2.29. The van der Waals surface area contributed by atoms with Crippen LogP contribution in [0.1, 0.15) is 44.9 Å². The third-order valence-corrected chi connectivity index (χ3v) is 5.12. The predicted molar refractivity (Wildman–Crippen MR) is 78.6 cm³/mol. The van der Waals surface area contributed by atoms with Crippen molar-refractivity contribution in [1.82, 2.24) is 9.80 Å². The molecule has 2 saturated heterocycles. The maximum atomic E-state index is 12.5. The number of piperazine rings is 1. The maximum Gasteiger partial charge on any atom is 0.225 e. The van der Waals surface area contributed by atoms with Gasteiger partial charge in [0.15, 0.2) is 0 Å². The van der Waals surface area contributed by atoms with Gasteiger partial charge in [0.2, 0.25) is 5.91 Å². The van der Waals surface area contributed by atoms with Crippen molar-refractivity contribution in [2.24, 2.45) is 5.92 Å². The Morgan fingerprint density at radius 1 is 0.950 bits per heavy atom. The second-order valence-electron chi connectivity index (χ2n) is 6.60. The average Bonchev–Trinajstić information content (AvgIpc) is 3.01. The van der Waals surface area contributed by atoms with E-state index in [2.05, 4.69) is 9.80 Å². The van der Waals surface area contributed by atoms with Gasteiger partial charge < -0.3 is 9.64 Å². The van der Waals surface area contributed by atoms with Crippen LogP contribution in [-0.4, -0.2) is 61.1 Å². The molecule has 114 valence electrons. The molecule has 2 heterocycles. The molecule has 1 atom stereocenters. The van der Waals surface area contributed by atoms with Gasteiger partial charge in [-0.15, -0.1) is 0 Å². The van der Waals surface area contributed by atoms with Gasteiger partial charge in [0.05, 0.1) is 6.10 Å². The van der Waals surface area contributed by atoms with E-state index in [9.17, 15) is 4.79 Å². The number of hydrogen-bond acceptors (Lipinski definition) is 3. The van der Waals surface area contributed by atoms with Gasteiger partial charge in [-0.2, -0.15) is 0 Å². The molecule has 0 N–H and O–H groups in total. The quantitative estimate of drug-likeness (QED) is 0.791. The number of ether oxygens (including phenoxy) is 1. The van der Waals surface area contributed by atoms with E-state index in [0.29, 0.717) is 17.9 Å². The van der Waals surface area contributed by atoms with Crippen molar-refractivity contribution in [3.8, 4) is 0 Å². The summed E-state index contributed by atoms with van der Waals surface area (Å²) in [5.74, 6) is 0.759. The molecule has 2 aliphatic heterocycles. The van der Waals surface area contributed by atoms with Gasteiger partial charge in [-0.25, -0.2) is 0 Å². The third-order valence-electron chi connectivity index (χ3n) is 5.12. The zero-order valence-corrected chi connectivity index (χ0v) is 12.6. The lowest BCUT2D eigenvalue weighted by Crippen LogP contribution is -2.51. The molecule has 4 nitrogen and oxygen atoms in total. The Labute approximate surface area is 122 Å². The van der Waals surface area contributed by atoms with E-state index in [0.717, 1.165) is 52.2 Å². The first-order chi connectivity index (χ1) is 9.83. The molecule has 20 heavy (non-hydrogen) atoms. The monoisotopic (exact) mass is 280 g/mol. The van der Waals surface area contributed by atoms with Crippen LogP contribution in [0.25, 0.3) is 0 Å². The smallest absolute Gasteiger partial charge is 0.225 e. The van der Waals surface area contributed by atoms with Gasteiger partial charge in [0.25, 0.3) is 0 Å². The van der Waals surface area contributed by atoms with E-state index in [1.807, 2.05) is 0 Å². The van der Waals surface area contributed by atoms with Gasteiger partial charge in [-0.05, 0) is 25.7 Å². The van der Waals surface area contributed by atoms with E-state index >= 15 is 0 Å². The summed E-state index contributed by atoms with van der Waals surface area (Å²) in [4.78, 5) is 17.1. The average molecular weight is 280 g/mol. The van der Waals surface area contributed by atoms with Gasteiger partial charge in [0, 0.05) is 45.2 Å². The molecule has 0 aromatic heterocycles. The van der Waals surface area contributed by atoms with E-state index < -0.39 is 0 Å². The summed E-state index contributed by atoms with van der Waals surface area (Å²) in [6.07, 6.45) is 8.91. The molecule has 0 radical (unpaired) electrons. The van der Waals surface area contributed by atoms with Crippen LogP contribution in [-0.2, 0) is 9.53 Å². The molecule has 0 unspecified atom stereocenters. The molecule has 0 aromatic carbocycles. The summed E-state index contributed by atoms with van der Waals surface area (Å²) >= 11 is 0. The zero-order valence-electron chi connectivity index (χ0n) is 12.6. The summed E-state index contributed by atoms with van der Waals surface area (Å²) in [6, 6.07) is 0. The first-order valence-electron chi connectivity index (χ1n) is 8.45. The molecule has 1 saturated carbocycles. The fourth-order valence-electron chi connectivity index (χ4n) is 3.83. The largest absolute Gasteiger partial charge is 0.377 e. The molecule has 3 fully saturated rings. The number of carbonyl (C=O) groups is 1. The molecule has 0 bridgehead atoms. The highest BCUT2D eigenvalue weighted by atomic mass is 16.5. The second-order valence-corrected chi connectivity index (χ2v) is 6.60. The number of rotatable bonds is 3. The van der Waals surface area contributed by atoms with Crippen LogP contribution in [0.4, 0.5) is 0 Å². The minimum atomic E-state index is 0.327. The minimum absolute atomic E-state index is 0.327. The molecule has 0 spiro atoms. The lowest BCUT2D eigenvalue weighted by molar-refractivity contribution is -0.138. The highest BCUT2D eigenvalue weighted by molar-refractivity contribution is 5.79. The van der Waals surface area contributed by atoms with E-state index in [-0.39, 0.29) is 0 Å². The standard InChI is InChI=1S/C16H28N2O2/c19-16(14-5-2-1-3-6-14)18-10-8-17(9-11-18)13-15-7-4-12-20-15/h14-15H,1-13H2/t15-/m1/s1. The fraction of sp³-hybridized carbons (Fsp3) is 0.938. The van der Waals surface area contributed by atoms with Gasteiger partial charge in [-0.3, -0.25) is 9.69 Å². The van der Waals surface area contributed by atoms with Crippen LogP contribution < -0.4 is 0 Å². The zero-order chi connectivity index (χ0) is 13.8. The van der Waals surface area contributed by atoms with E-state index in [1.54, 1.807) is 0 Å². The molecular formula is C16H28N2O2. The summed E-state index contributed by atoms with van der Waals surface area (Å²) in [5.41, 5.74) is 0. The first-order valence-corrected chi connectivity index (χ1v) is 8.45. The topological polar surface area (TPSA) is 32.8 Å². The van der Waals surface area contributed by atoms with E-state index in [4.69, 9.17) is 4.74 Å². The van der Waals surface area contributed by atoms with Crippen molar-refractivity contribution in [3.63, 3.8) is 0 Å². The molecule has 1 amide bonds. The number of carbonyl (C=O) groups excluding carboxylic acids is 1. The van der Waals surface area contributed by atoms with Crippen LogP contribution in [0, 0.1) is 5.92 Å². The lowest BCUT2D eigenvalue weighted by Gasteiger charge is -2.37. The Hall–Kier alpha value is -0.610. The second kappa shape index (κ2) is 6.90. The van der Waals surface area contributed by atoms with E-state index in [1.165, 1.54) is 32.1 Å². The van der Waals surface area contributed by atoms with Crippen LogP contribution in [0.15, 0.2) is 0 Å². The number of amides is 1. The lowest BCUT2D eigenvalue weighted by atomic mass is 9.88. The van der Waals surface area contributed by atoms with Gasteiger partial charge in [0.1, 0.15) is 0 Å². The van der Waals surface area contributed by atoms with Crippen molar-refractivity contribution in [1.29, 1.82) is 0 Å². The first kappa shape index (κ1) is 14.3. The van der Waals surface area contributed by atoms with Crippen molar-refractivity contribution in [3.05, 3.63) is 0 Å². The van der Waals surface area contributed by atoms with Crippen molar-refractivity contribution in [2.45, 2.75) is 51.0 Å². The Morgan fingerprint density at radius 3 is 2.35 bits per heavy atom. The molecule has 1 aliphatic carbocycles. The highest BCUT2D eigenvalue weighted by Crippen LogP contribution is 2.26. The summed E-state index contributed by atoms with van der Waals surface area (Å²) < 4.78 is 5.70. The summed E-state index contributed by atoms with van der Waals surface area (Å²) in [7, 11) is 0. The Kier molecular flexibility index (Phi) is 4.94. The van der Waals surface area contributed by atoms with Gasteiger partial charge >= 0.3 is 0 Å². The molecule has 0 aromatic rings. The molecule has 3 aliphatic rings.